The van der Waals surface area contributed by atoms with Crippen molar-refractivity contribution in [3.05, 3.63) is 24.6 Å². The van der Waals surface area contributed by atoms with Crippen molar-refractivity contribution in [3.8, 4) is 0 Å². The molecule has 188 valence electrons. The van der Waals surface area contributed by atoms with Gasteiger partial charge in [0.2, 0.25) is 0 Å². The van der Waals surface area contributed by atoms with Crippen molar-refractivity contribution in [1.29, 1.82) is 0 Å². The maximum absolute atomic E-state index is 14.0. The van der Waals surface area contributed by atoms with Gasteiger partial charge in [0.25, 0.3) is 0 Å². The third-order valence-corrected chi connectivity index (χ3v) is 6.62. The molecular formula is C24H35FN10. The molecule has 1 atom stereocenters. The Labute approximate surface area is 204 Å². The van der Waals surface area contributed by atoms with Crippen molar-refractivity contribution in [3.63, 3.8) is 0 Å². The Kier molecular flexibility index (Phi) is 6.86. The third-order valence-electron chi connectivity index (χ3n) is 6.62. The Balaban J connectivity index is 1.58. The summed E-state index contributed by atoms with van der Waals surface area (Å²) in [5, 5.41) is 7.00. The predicted molar refractivity (Wildman–Crippen MR) is 136 cm³/mol. The summed E-state index contributed by atoms with van der Waals surface area (Å²) in [5.74, 6) is 2.89. The molecule has 4 rings (SSSR count). The van der Waals surface area contributed by atoms with E-state index in [1.807, 2.05) is 0 Å². The van der Waals surface area contributed by atoms with Gasteiger partial charge in [0.1, 0.15) is 23.2 Å². The second-order valence-corrected chi connectivity index (χ2v) is 10.5. The minimum Gasteiger partial charge on any atom is -0.365 e. The average Bonchev–Trinajstić information content (AvgIpc) is 3.41. The minimum atomic E-state index is -0.809. The van der Waals surface area contributed by atoms with Gasteiger partial charge in [-0.15, -0.1) is 0 Å². The molecule has 4 aromatic rings. The number of hydrogen-bond donors (Lipinski definition) is 4. The zero-order valence-electron chi connectivity index (χ0n) is 21.4. The molecule has 0 amide bonds. The van der Waals surface area contributed by atoms with E-state index in [1.54, 1.807) is 6.33 Å². The zero-order chi connectivity index (χ0) is 25.3. The summed E-state index contributed by atoms with van der Waals surface area (Å²) in [6.07, 6.45) is 3.67. The van der Waals surface area contributed by atoms with Crippen LogP contribution in [-0.4, -0.2) is 52.0 Å². The van der Waals surface area contributed by atoms with Crippen LogP contribution in [0.25, 0.3) is 22.3 Å². The number of anilines is 2. The molecule has 0 bridgehead atoms. The Bertz CT molecular complexity index is 1280. The van der Waals surface area contributed by atoms with Gasteiger partial charge in [0, 0.05) is 18.5 Å². The van der Waals surface area contributed by atoms with Crippen molar-refractivity contribution >= 4 is 34.0 Å². The van der Waals surface area contributed by atoms with Crippen molar-refractivity contribution < 1.29 is 4.39 Å². The van der Waals surface area contributed by atoms with Crippen molar-refractivity contribution in [2.24, 2.45) is 17.3 Å². The van der Waals surface area contributed by atoms with Crippen LogP contribution < -0.4 is 10.6 Å². The van der Waals surface area contributed by atoms with Gasteiger partial charge in [-0.1, -0.05) is 48.5 Å². The minimum absolute atomic E-state index is 0.0218. The first-order valence-electron chi connectivity index (χ1n) is 12.2. The van der Waals surface area contributed by atoms with Gasteiger partial charge in [-0.3, -0.25) is 0 Å². The maximum Gasteiger partial charge on any atom is 0.312 e. The molecule has 0 spiro atoms. The van der Waals surface area contributed by atoms with Crippen LogP contribution in [0.4, 0.5) is 16.0 Å². The molecule has 0 saturated heterocycles. The van der Waals surface area contributed by atoms with E-state index in [4.69, 9.17) is 4.98 Å². The lowest BCUT2D eigenvalue weighted by Crippen LogP contribution is -2.38. The van der Waals surface area contributed by atoms with E-state index in [1.165, 1.54) is 6.33 Å². The van der Waals surface area contributed by atoms with Crippen molar-refractivity contribution in [1.82, 2.24) is 39.9 Å². The van der Waals surface area contributed by atoms with Gasteiger partial charge >= 0.3 is 6.08 Å². The molecule has 0 fully saturated rings. The number of rotatable bonds is 10. The third kappa shape index (κ3) is 5.18. The number of nitrogens with one attached hydrogen (secondary N) is 4. The van der Waals surface area contributed by atoms with Gasteiger partial charge in [-0.05, 0) is 23.7 Å². The van der Waals surface area contributed by atoms with Gasteiger partial charge in [0.05, 0.1) is 6.33 Å². The van der Waals surface area contributed by atoms with E-state index in [0.29, 0.717) is 40.9 Å². The molecule has 1 unspecified atom stereocenters. The van der Waals surface area contributed by atoms with Crippen LogP contribution >= 0.6 is 0 Å². The largest absolute Gasteiger partial charge is 0.365 e. The Morgan fingerprint density at radius 1 is 0.914 bits per heavy atom. The van der Waals surface area contributed by atoms with Crippen LogP contribution in [0.3, 0.4) is 0 Å². The van der Waals surface area contributed by atoms with E-state index in [9.17, 15) is 4.39 Å². The Morgan fingerprint density at radius 2 is 1.63 bits per heavy atom. The fraction of sp³-hybridized carbons (Fsp3) is 0.583. The second kappa shape index (κ2) is 9.71. The monoisotopic (exact) mass is 482 g/mol. The quantitative estimate of drug-likeness (QED) is 0.239. The molecule has 0 aromatic carbocycles. The highest BCUT2D eigenvalue weighted by molar-refractivity contribution is 5.83. The first-order chi connectivity index (χ1) is 16.6. The number of hydrogen-bond acceptors (Lipinski definition) is 8. The average molecular weight is 483 g/mol. The highest BCUT2D eigenvalue weighted by Gasteiger charge is 2.31. The smallest absolute Gasteiger partial charge is 0.312 e. The van der Waals surface area contributed by atoms with E-state index < -0.39 is 6.08 Å². The number of aromatic nitrogens is 8. The topological polar surface area (TPSA) is 133 Å². The number of nitrogens with zero attached hydrogens (tertiary/aromatic N) is 6. The van der Waals surface area contributed by atoms with Crippen LogP contribution in [0.1, 0.15) is 60.7 Å². The van der Waals surface area contributed by atoms with Gasteiger partial charge in [0.15, 0.2) is 22.9 Å². The van der Waals surface area contributed by atoms with Crippen LogP contribution in [0, 0.1) is 23.3 Å². The Hall–Kier alpha value is -3.37. The van der Waals surface area contributed by atoms with E-state index >= 15 is 0 Å². The van der Waals surface area contributed by atoms with Crippen LogP contribution in [0.2, 0.25) is 0 Å². The molecule has 0 aliphatic rings. The molecular weight excluding hydrogens is 447 g/mol. The molecule has 0 saturated carbocycles. The van der Waals surface area contributed by atoms with Crippen LogP contribution in [0.15, 0.2) is 12.7 Å². The van der Waals surface area contributed by atoms with Crippen LogP contribution in [-0.2, 0) is 6.42 Å². The van der Waals surface area contributed by atoms with Gasteiger partial charge < -0.3 is 20.6 Å². The lowest BCUT2D eigenvalue weighted by molar-refractivity contribution is 0.289. The maximum atomic E-state index is 14.0. The molecule has 11 heteroatoms. The van der Waals surface area contributed by atoms with Crippen molar-refractivity contribution in [2.75, 3.05) is 10.6 Å². The zero-order valence-corrected chi connectivity index (χ0v) is 21.4. The number of halogens is 1. The number of imidazole rings is 2. The summed E-state index contributed by atoms with van der Waals surface area (Å²) in [7, 11) is 0. The molecule has 0 radical (unpaired) electrons. The highest BCUT2D eigenvalue weighted by atomic mass is 19.1. The summed E-state index contributed by atoms with van der Waals surface area (Å²) >= 11 is 0. The molecule has 10 nitrogen and oxygen atoms in total. The molecule has 0 aliphatic heterocycles. The van der Waals surface area contributed by atoms with E-state index in [-0.39, 0.29) is 17.5 Å². The van der Waals surface area contributed by atoms with Gasteiger partial charge in [-0.25, -0.2) is 19.9 Å². The first kappa shape index (κ1) is 24.7. The lowest BCUT2D eigenvalue weighted by Gasteiger charge is -2.34. The number of H-pyrrole nitrogens is 2. The summed E-state index contributed by atoms with van der Waals surface area (Å²) < 4.78 is 14.0. The standard InChI is InChI=1S/C24H35FN10/c1-8-14(30-22-17-19(27-10-26-17)34-23(25)35-22)24(6,7)9-15-31-18-20(32-15)28-11-29-21(18)33-16(12(2)3)13(4)5/h10-14,16H,8-9H2,1-7H3,(H2,26,27,30,34,35)(H2,28,29,31,32,33). The second-order valence-electron chi connectivity index (χ2n) is 10.5. The summed E-state index contributed by atoms with van der Waals surface area (Å²) in [5.41, 5.74) is 2.07. The highest BCUT2D eigenvalue weighted by Crippen LogP contribution is 2.32. The number of fused-ring (bicyclic) bond motifs is 2. The van der Waals surface area contributed by atoms with E-state index in [0.717, 1.165) is 23.6 Å². The first-order valence-corrected chi connectivity index (χ1v) is 12.2. The summed E-state index contributed by atoms with van der Waals surface area (Å²) in [6, 6.07) is 0.254. The fourth-order valence-corrected chi connectivity index (χ4v) is 4.81. The Morgan fingerprint density at radius 3 is 2.31 bits per heavy atom. The summed E-state index contributed by atoms with van der Waals surface area (Å²) in [4.78, 5) is 31.9. The van der Waals surface area contributed by atoms with Crippen LogP contribution in [0.5, 0.6) is 0 Å². The normalized spacial score (nSPS) is 13.5. The van der Waals surface area contributed by atoms with Crippen molar-refractivity contribution in [2.45, 2.75) is 73.4 Å². The fourth-order valence-electron chi connectivity index (χ4n) is 4.81. The summed E-state index contributed by atoms with van der Waals surface area (Å²) in [6.45, 7) is 15.2. The van der Waals surface area contributed by atoms with E-state index in [2.05, 4.69) is 94.0 Å². The molecule has 4 aromatic heterocycles. The SMILES string of the molecule is CCC(Nc1nc(F)nc2nc[nH]c12)C(C)(C)Cc1nc2ncnc(NC(C(C)C)C(C)C)c2[nH]1. The van der Waals surface area contributed by atoms with Gasteiger partial charge in [-0.2, -0.15) is 14.4 Å². The lowest BCUT2D eigenvalue weighted by atomic mass is 9.79. The predicted octanol–water partition coefficient (Wildman–Crippen LogP) is 4.71. The molecule has 4 heterocycles. The molecule has 4 N–H and O–H groups in total. The molecule has 35 heavy (non-hydrogen) atoms. The molecule has 0 aliphatic carbocycles. The number of aromatic amines is 2.